The molecule has 0 heterocycles. The summed E-state index contributed by atoms with van der Waals surface area (Å²) in [5.41, 5.74) is 1.22. The maximum absolute atomic E-state index is 13.4. The first kappa shape index (κ1) is 18.0. The van der Waals surface area contributed by atoms with E-state index in [-0.39, 0.29) is 18.3 Å². The van der Waals surface area contributed by atoms with Gasteiger partial charge in [-0.15, -0.1) is 0 Å². The highest BCUT2D eigenvalue weighted by Gasteiger charge is 2.04. The molecule has 24 heavy (non-hydrogen) atoms. The molecule has 0 saturated heterocycles. The maximum atomic E-state index is 13.4. The minimum atomic E-state index is -0.221. The van der Waals surface area contributed by atoms with Gasteiger partial charge in [0.2, 0.25) is 0 Å². The molecule has 1 N–H and O–H groups in total. The first-order chi connectivity index (χ1) is 11.7. The number of carbonyl (C=O) groups excluding carboxylic acids is 2. The van der Waals surface area contributed by atoms with Gasteiger partial charge in [-0.05, 0) is 35.9 Å². The summed E-state index contributed by atoms with van der Waals surface area (Å²) in [5.74, 6) is 1.37. The Bertz CT molecular complexity index is 676. The van der Waals surface area contributed by atoms with E-state index >= 15 is 0 Å². The fourth-order valence-electron chi connectivity index (χ4n) is 1.90. The van der Waals surface area contributed by atoms with Crippen molar-refractivity contribution in [3.05, 3.63) is 65.5 Å². The summed E-state index contributed by atoms with van der Waals surface area (Å²) in [5, 5.41) is 2.74. The van der Waals surface area contributed by atoms with E-state index in [1.165, 1.54) is 6.07 Å². The number of ether oxygens (including phenoxy) is 1. The number of aldehydes is 1. The fraction of sp³-hybridized carbons (Fsp3) is 0.222. The van der Waals surface area contributed by atoms with Gasteiger partial charge >= 0.3 is 0 Å². The molecule has 0 aliphatic carbocycles. The van der Waals surface area contributed by atoms with Crippen molar-refractivity contribution in [1.82, 2.24) is 5.32 Å². The molecule has 2 rings (SSSR count). The molecule has 2 aromatic carbocycles. The van der Waals surface area contributed by atoms with Crippen molar-refractivity contribution in [1.29, 1.82) is 0 Å². The lowest BCUT2D eigenvalue weighted by molar-refractivity contribution is -0.122. The number of benzene rings is 2. The third-order valence-electron chi connectivity index (χ3n) is 3.17. The number of nitrogens with one attached hydrogen (secondary N) is 1. The van der Waals surface area contributed by atoms with E-state index in [1.807, 2.05) is 0 Å². The van der Waals surface area contributed by atoms with Crippen LogP contribution in [0, 0.1) is 5.82 Å². The van der Waals surface area contributed by atoms with E-state index in [1.54, 1.807) is 54.2 Å². The zero-order valence-corrected chi connectivity index (χ0v) is 13.9. The summed E-state index contributed by atoms with van der Waals surface area (Å²) >= 11 is 1.55. The summed E-state index contributed by atoms with van der Waals surface area (Å²) < 4.78 is 18.7. The van der Waals surface area contributed by atoms with Gasteiger partial charge in [-0.25, -0.2) is 4.39 Å². The first-order valence-corrected chi connectivity index (χ1v) is 8.60. The fourth-order valence-corrected chi connectivity index (χ4v) is 2.75. The number of amides is 1. The number of carbonyl (C=O) groups is 2. The summed E-state index contributed by atoms with van der Waals surface area (Å²) in [6.45, 7) is 0.407. The maximum Gasteiger partial charge on any atom is 0.257 e. The van der Waals surface area contributed by atoms with Crippen LogP contribution >= 0.6 is 11.8 Å². The lowest BCUT2D eigenvalue weighted by Gasteiger charge is -2.08. The lowest BCUT2D eigenvalue weighted by atomic mass is 10.2. The molecule has 0 radical (unpaired) electrons. The zero-order valence-electron chi connectivity index (χ0n) is 13.0. The first-order valence-electron chi connectivity index (χ1n) is 7.45. The van der Waals surface area contributed by atoms with Gasteiger partial charge in [-0.3, -0.25) is 9.59 Å². The lowest BCUT2D eigenvalue weighted by Crippen LogP contribution is -2.30. The Kier molecular flexibility index (Phi) is 7.29. The van der Waals surface area contributed by atoms with Crippen LogP contribution in [-0.2, 0) is 10.5 Å². The van der Waals surface area contributed by atoms with E-state index in [2.05, 4.69) is 5.32 Å². The molecule has 0 spiro atoms. The van der Waals surface area contributed by atoms with Crippen LogP contribution in [0.25, 0.3) is 0 Å². The van der Waals surface area contributed by atoms with Crippen LogP contribution in [0.15, 0.2) is 48.5 Å². The molecule has 1 amide bonds. The molecule has 0 saturated carbocycles. The number of thioether (sulfide) groups is 1. The molecular formula is C18H18FNO3S. The minimum absolute atomic E-state index is 0.0849. The van der Waals surface area contributed by atoms with E-state index in [4.69, 9.17) is 4.74 Å². The van der Waals surface area contributed by atoms with Gasteiger partial charge in [0.15, 0.2) is 6.61 Å². The Labute approximate surface area is 144 Å². The van der Waals surface area contributed by atoms with E-state index < -0.39 is 0 Å². The third kappa shape index (κ3) is 6.04. The van der Waals surface area contributed by atoms with Crippen LogP contribution in [0.4, 0.5) is 4.39 Å². The molecule has 0 atom stereocenters. The van der Waals surface area contributed by atoms with Crippen LogP contribution in [0.2, 0.25) is 0 Å². The predicted molar refractivity (Wildman–Crippen MR) is 92.9 cm³/mol. The SMILES string of the molecule is O=Cc1ccc(OCC(=O)NCCSCc2ccccc2F)cc1. The van der Waals surface area contributed by atoms with E-state index in [9.17, 15) is 14.0 Å². The van der Waals surface area contributed by atoms with Gasteiger partial charge < -0.3 is 10.1 Å². The molecule has 0 aliphatic rings. The minimum Gasteiger partial charge on any atom is -0.484 e. The molecule has 0 bridgehead atoms. The van der Waals surface area contributed by atoms with Crippen molar-refractivity contribution in [2.75, 3.05) is 18.9 Å². The quantitative estimate of drug-likeness (QED) is 0.559. The number of hydrogen-bond acceptors (Lipinski definition) is 4. The highest BCUT2D eigenvalue weighted by Crippen LogP contribution is 2.14. The van der Waals surface area contributed by atoms with Crippen molar-refractivity contribution < 1.29 is 18.7 Å². The molecule has 0 unspecified atom stereocenters. The standard InChI is InChI=1S/C18H18FNO3S/c19-17-4-2-1-3-15(17)13-24-10-9-20-18(22)12-23-16-7-5-14(11-21)6-8-16/h1-8,11H,9-10,12-13H2,(H,20,22). The van der Waals surface area contributed by atoms with Crippen LogP contribution in [-0.4, -0.2) is 31.1 Å². The Balaban J connectivity index is 1.59. The molecule has 2 aromatic rings. The van der Waals surface area contributed by atoms with E-state index in [0.29, 0.717) is 34.9 Å². The summed E-state index contributed by atoms with van der Waals surface area (Å²) in [6, 6.07) is 13.2. The van der Waals surface area contributed by atoms with E-state index in [0.717, 1.165) is 6.29 Å². The second kappa shape index (κ2) is 9.72. The smallest absolute Gasteiger partial charge is 0.257 e. The average Bonchev–Trinajstić information content (AvgIpc) is 2.61. The zero-order chi connectivity index (χ0) is 17.2. The average molecular weight is 347 g/mol. The van der Waals surface area contributed by atoms with Crippen molar-refractivity contribution >= 4 is 24.0 Å². The molecule has 126 valence electrons. The van der Waals surface area contributed by atoms with Crippen LogP contribution in [0.3, 0.4) is 0 Å². The largest absolute Gasteiger partial charge is 0.484 e. The normalized spacial score (nSPS) is 10.2. The topological polar surface area (TPSA) is 55.4 Å². The molecule has 4 nitrogen and oxygen atoms in total. The third-order valence-corrected chi connectivity index (χ3v) is 4.18. The van der Waals surface area contributed by atoms with Gasteiger partial charge in [0.1, 0.15) is 17.9 Å². The van der Waals surface area contributed by atoms with Crippen molar-refractivity contribution in [3.63, 3.8) is 0 Å². The second-order valence-corrected chi connectivity index (χ2v) is 6.07. The number of rotatable bonds is 9. The van der Waals surface area contributed by atoms with Crippen LogP contribution in [0.5, 0.6) is 5.75 Å². The molecule has 0 aliphatic heterocycles. The monoisotopic (exact) mass is 347 g/mol. The molecular weight excluding hydrogens is 329 g/mol. The summed E-state index contributed by atoms with van der Waals surface area (Å²) in [7, 11) is 0. The highest BCUT2D eigenvalue weighted by atomic mass is 32.2. The summed E-state index contributed by atoms with van der Waals surface area (Å²) in [4.78, 5) is 22.2. The Hall–Kier alpha value is -2.34. The molecule has 0 fully saturated rings. The van der Waals surface area contributed by atoms with Crippen molar-refractivity contribution in [2.45, 2.75) is 5.75 Å². The molecule has 0 aromatic heterocycles. The Morgan fingerprint density at radius 2 is 1.92 bits per heavy atom. The van der Waals surface area contributed by atoms with Crippen molar-refractivity contribution in [3.8, 4) is 5.75 Å². The van der Waals surface area contributed by atoms with Gasteiger partial charge in [0.25, 0.3) is 5.91 Å². The Morgan fingerprint density at radius 3 is 2.62 bits per heavy atom. The van der Waals surface area contributed by atoms with Gasteiger partial charge in [0.05, 0.1) is 0 Å². The predicted octanol–water partition coefficient (Wildman–Crippen LogP) is 3.07. The van der Waals surface area contributed by atoms with Gasteiger partial charge in [-0.1, -0.05) is 18.2 Å². The van der Waals surface area contributed by atoms with Crippen LogP contribution in [0.1, 0.15) is 15.9 Å². The highest BCUT2D eigenvalue weighted by molar-refractivity contribution is 7.98. The summed E-state index contributed by atoms with van der Waals surface area (Å²) in [6.07, 6.45) is 0.746. The van der Waals surface area contributed by atoms with Crippen LogP contribution < -0.4 is 10.1 Å². The van der Waals surface area contributed by atoms with Gasteiger partial charge in [-0.2, -0.15) is 11.8 Å². The number of halogens is 1. The second-order valence-electron chi connectivity index (χ2n) is 4.97. The number of hydrogen-bond donors (Lipinski definition) is 1. The molecule has 6 heteroatoms. The van der Waals surface area contributed by atoms with Crippen molar-refractivity contribution in [2.24, 2.45) is 0 Å². The Morgan fingerprint density at radius 1 is 1.17 bits per heavy atom. The van der Waals surface area contributed by atoms with Gasteiger partial charge in [0, 0.05) is 23.6 Å².